The predicted octanol–water partition coefficient (Wildman–Crippen LogP) is 19.1. The third-order valence-corrected chi connectivity index (χ3v) is 14.4. The number of hydrogen-bond donors (Lipinski definition) is 0. The van der Waals surface area contributed by atoms with E-state index in [1.165, 1.54) is 11.1 Å². The molecule has 0 amide bonds. The fourth-order valence-electron chi connectivity index (χ4n) is 11.0. The Morgan fingerprint density at radius 2 is 0.600 bits per heavy atom. The highest BCUT2D eigenvalue weighted by molar-refractivity contribution is 6.19. The summed E-state index contributed by atoms with van der Waals surface area (Å²) in [6, 6.07) is 73.1. The van der Waals surface area contributed by atoms with Crippen molar-refractivity contribution in [2.75, 3.05) is 9.80 Å². The van der Waals surface area contributed by atoms with Crippen LogP contribution < -0.4 is 9.80 Å². The number of nitrogens with zero attached hydrogens (tertiary/aromatic N) is 2. The molecule has 0 atom stereocenters. The van der Waals surface area contributed by atoms with Gasteiger partial charge in [0.1, 0.15) is 44.7 Å². The molecule has 0 saturated carbocycles. The predicted molar refractivity (Wildman–Crippen MR) is 289 cm³/mol. The van der Waals surface area contributed by atoms with Crippen molar-refractivity contribution < 1.29 is 17.7 Å². The Hall–Kier alpha value is -9.26. The molecule has 4 aromatic heterocycles. The summed E-state index contributed by atoms with van der Waals surface area (Å²) >= 11 is 0. The largest absolute Gasteiger partial charge is 0.456 e. The van der Waals surface area contributed by atoms with Crippen molar-refractivity contribution in [2.24, 2.45) is 0 Å². The van der Waals surface area contributed by atoms with Gasteiger partial charge in [-0.1, -0.05) is 84.9 Å². The van der Waals surface area contributed by atoms with Gasteiger partial charge in [-0.25, -0.2) is 0 Å². The number of para-hydroxylation sites is 4. The molecule has 0 unspecified atom stereocenters. The Labute approximate surface area is 400 Å². The van der Waals surface area contributed by atoms with Crippen LogP contribution in [0.15, 0.2) is 224 Å². The first-order valence-electron chi connectivity index (χ1n) is 23.7. The smallest absolute Gasteiger partial charge is 0.139 e. The van der Waals surface area contributed by atoms with Crippen molar-refractivity contribution in [3.63, 3.8) is 0 Å². The maximum absolute atomic E-state index is 6.70. The minimum Gasteiger partial charge on any atom is -0.456 e. The van der Waals surface area contributed by atoms with Crippen molar-refractivity contribution in [2.45, 2.75) is 13.8 Å². The average Bonchev–Trinajstić information content (AvgIpc) is 4.15. The maximum Gasteiger partial charge on any atom is 0.139 e. The van der Waals surface area contributed by atoms with Crippen molar-refractivity contribution >= 4 is 143 Å². The van der Waals surface area contributed by atoms with Crippen LogP contribution in [0, 0.1) is 13.8 Å². The van der Waals surface area contributed by atoms with Crippen LogP contribution in [0.1, 0.15) is 11.1 Å². The molecular weight excluding hydrogens is 861 g/mol. The lowest BCUT2D eigenvalue weighted by molar-refractivity contribution is 0.656. The summed E-state index contributed by atoms with van der Waals surface area (Å²) in [4.78, 5) is 4.68. The summed E-state index contributed by atoms with van der Waals surface area (Å²) < 4.78 is 25.8. The van der Waals surface area contributed by atoms with E-state index >= 15 is 0 Å². The average molecular weight is 901 g/mol. The number of fused-ring (bicyclic) bond motifs is 14. The Balaban J connectivity index is 0.827. The van der Waals surface area contributed by atoms with Crippen LogP contribution in [-0.4, -0.2) is 0 Å². The van der Waals surface area contributed by atoms with E-state index in [0.717, 1.165) is 143 Å². The van der Waals surface area contributed by atoms with Crippen LogP contribution in [-0.2, 0) is 0 Å². The van der Waals surface area contributed by atoms with Gasteiger partial charge in [0.2, 0.25) is 0 Å². The minimum absolute atomic E-state index is 0.794. The molecule has 6 heteroatoms. The highest BCUT2D eigenvalue weighted by atomic mass is 16.3. The summed E-state index contributed by atoms with van der Waals surface area (Å²) in [5.41, 5.74) is 15.6. The molecule has 11 aromatic carbocycles. The molecule has 0 aliphatic rings. The quantitative estimate of drug-likeness (QED) is 0.166. The third-order valence-electron chi connectivity index (χ3n) is 14.4. The molecule has 0 bridgehead atoms. The van der Waals surface area contributed by atoms with Crippen molar-refractivity contribution in [1.82, 2.24) is 0 Å². The van der Waals surface area contributed by atoms with Gasteiger partial charge in [0.15, 0.2) is 0 Å². The van der Waals surface area contributed by atoms with Gasteiger partial charge in [-0.2, -0.15) is 0 Å². The van der Waals surface area contributed by atoms with Gasteiger partial charge in [-0.15, -0.1) is 0 Å². The maximum atomic E-state index is 6.70. The van der Waals surface area contributed by atoms with Gasteiger partial charge < -0.3 is 27.5 Å². The Bertz CT molecular complexity index is 4370. The van der Waals surface area contributed by atoms with Crippen LogP contribution in [0.3, 0.4) is 0 Å². The lowest BCUT2D eigenvalue weighted by Gasteiger charge is -2.27. The van der Waals surface area contributed by atoms with Gasteiger partial charge in [-0.05, 0) is 162 Å². The molecule has 0 fully saturated rings. The van der Waals surface area contributed by atoms with Gasteiger partial charge in [0.05, 0.1) is 0 Å². The number of anilines is 6. The molecule has 0 saturated heterocycles. The fraction of sp³-hybridized carbons (Fsp3) is 0.0312. The summed E-state index contributed by atoms with van der Waals surface area (Å²) in [6.45, 7) is 4.33. The van der Waals surface area contributed by atoms with Crippen LogP contribution in [0.2, 0.25) is 0 Å². The lowest BCUT2D eigenvalue weighted by Crippen LogP contribution is -2.11. The fourth-order valence-corrected chi connectivity index (χ4v) is 11.0. The van der Waals surface area contributed by atoms with E-state index in [1.54, 1.807) is 0 Å². The van der Waals surface area contributed by atoms with Crippen LogP contribution in [0.5, 0.6) is 0 Å². The standard InChI is InChI=1S/C64H40N2O4/c1-37-11-3-7-15-55(37)65(45-23-25-59-51(33-45)47-13-5-9-17-57(47)67-59)43-21-19-39-29-49-53-35-54-50-30-40-20-22-44(28-42(40)32-62(50)70-64(54)36-63(53)69-61(49)31-41(39)27-43)66(56-16-8-4-12-38(56)2)46-24-26-60-52(34-46)48-14-6-10-18-58(48)68-60/h3-36H,1-2H3. The highest BCUT2D eigenvalue weighted by Gasteiger charge is 2.21. The van der Waals surface area contributed by atoms with Gasteiger partial charge in [0.25, 0.3) is 0 Å². The molecule has 4 heterocycles. The second kappa shape index (κ2) is 14.6. The molecular formula is C64H40N2O4. The molecule has 0 radical (unpaired) electrons. The van der Waals surface area contributed by atoms with Crippen molar-refractivity contribution in [3.05, 3.63) is 217 Å². The van der Waals surface area contributed by atoms with E-state index < -0.39 is 0 Å². The highest BCUT2D eigenvalue weighted by Crippen LogP contribution is 2.45. The molecule has 6 nitrogen and oxygen atoms in total. The Morgan fingerprint density at radius 3 is 1.09 bits per heavy atom. The van der Waals surface area contributed by atoms with Gasteiger partial charge >= 0.3 is 0 Å². The lowest BCUT2D eigenvalue weighted by atomic mass is 10.0. The monoisotopic (exact) mass is 900 g/mol. The summed E-state index contributed by atoms with van der Waals surface area (Å²) in [7, 11) is 0. The molecule has 330 valence electrons. The van der Waals surface area contributed by atoms with Crippen molar-refractivity contribution in [3.8, 4) is 0 Å². The topological polar surface area (TPSA) is 59.0 Å². The van der Waals surface area contributed by atoms with E-state index in [0.29, 0.717) is 0 Å². The first kappa shape index (κ1) is 38.8. The molecule has 0 spiro atoms. The number of rotatable bonds is 6. The van der Waals surface area contributed by atoms with Crippen LogP contribution in [0.4, 0.5) is 34.1 Å². The summed E-state index contributed by atoms with van der Waals surface area (Å²) in [6.07, 6.45) is 0. The van der Waals surface area contributed by atoms with E-state index in [1.807, 2.05) is 24.3 Å². The zero-order chi connectivity index (χ0) is 46.2. The zero-order valence-corrected chi connectivity index (χ0v) is 38.2. The molecule has 0 aliphatic heterocycles. The number of benzene rings is 11. The first-order chi connectivity index (χ1) is 34.5. The van der Waals surface area contributed by atoms with E-state index in [2.05, 4.69) is 206 Å². The Kier molecular flexibility index (Phi) is 8.10. The molecule has 15 rings (SSSR count). The van der Waals surface area contributed by atoms with Crippen LogP contribution >= 0.6 is 0 Å². The molecule has 15 aromatic rings. The minimum atomic E-state index is 0.794. The first-order valence-corrected chi connectivity index (χ1v) is 23.7. The Morgan fingerprint density at radius 1 is 0.243 bits per heavy atom. The second-order valence-electron chi connectivity index (χ2n) is 18.6. The summed E-state index contributed by atoms with van der Waals surface area (Å²) in [5.74, 6) is 0. The van der Waals surface area contributed by atoms with E-state index in [4.69, 9.17) is 17.7 Å². The molecule has 70 heavy (non-hydrogen) atoms. The second-order valence-corrected chi connectivity index (χ2v) is 18.6. The SMILES string of the molecule is Cc1ccccc1N(c1ccc2cc3c(cc2c1)oc1cc2oc4cc5cc(N(c6ccc7oc8ccccc8c7c6)c6ccccc6C)ccc5cc4c2cc13)c1ccc2oc3ccccc3c2c1. The normalized spacial score (nSPS) is 12.1. The van der Waals surface area contributed by atoms with Gasteiger partial charge in [-0.3, -0.25) is 0 Å². The van der Waals surface area contributed by atoms with E-state index in [-0.39, 0.29) is 0 Å². The number of furan rings is 4. The summed E-state index contributed by atoms with van der Waals surface area (Å²) in [5, 5.41) is 13.1. The van der Waals surface area contributed by atoms with Gasteiger partial charge in [0, 0.05) is 83.3 Å². The van der Waals surface area contributed by atoms with E-state index in [9.17, 15) is 0 Å². The number of hydrogen-bond acceptors (Lipinski definition) is 6. The molecule has 0 aliphatic carbocycles. The zero-order valence-electron chi connectivity index (χ0n) is 38.2. The van der Waals surface area contributed by atoms with Crippen molar-refractivity contribution in [1.29, 1.82) is 0 Å². The van der Waals surface area contributed by atoms with Crippen LogP contribution in [0.25, 0.3) is 109 Å². The number of aryl methyl sites for hydroxylation is 2. The molecule has 0 N–H and O–H groups in total. The third kappa shape index (κ3) is 5.86.